The van der Waals surface area contributed by atoms with Gasteiger partial charge in [0.15, 0.2) is 0 Å². The maximum atomic E-state index is 13.0. The first-order valence-corrected chi connectivity index (χ1v) is 8.32. The van der Waals surface area contributed by atoms with Crippen molar-refractivity contribution in [2.75, 3.05) is 6.54 Å². The molecule has 2 atom stereocenters. The fourth-order valence-electron chi connectivity index (χ4n) is 3.66. The summed E-state index contributed by atoms with van der Waals surface area (Å²) < 4.78 is 38.9. The maximum absolute atomic E-state index is 13.0. The molecule has 0 radical (unpaired) electrons. The van der Waals surface area contributed by atoms with Gasteiger partial charge in [-0.2, -0.15) is 13.2 Å². The molecule has 0 aliphatic heterocycles. The van der Waals surface area contributed by atoms with Crippen molar-refractivity contribution >= 4 is 5.91 Å². The summed E-state index contributed by atoms with van der Waals surface area (Å²) in [5, 5.41) is 0. The molecule has 2 aliphatic carbocycles. The van der Waals surface area contributed by atoms with Crippen molar-refractivity contribution in [3.05, 3.63) is 35.4 Å². The molecule has 23 heavy (non-hydrogen) atoms. The van der Waals surface area contributed by atoms with E-state index in [2.05, 4.69) is 0 Å². The average Bonchev–Trinajstić information content (AvgIpc) is 3.35. The predicted octanol–water partition coefficient (Wildman–Crippen LogP) is 4.30. The van der Waals surface area contributed by atoms with Crippen LogP contribution in [0.2, 0.25) is 0 Å². The van der Waals surface area contributed by atoms with E-state index in [4.69, 9.17) is 0 Å². The van der Waals surface area contributed by atoms with Crippen LogP contribution in [0.25, 0.3) is 0 Å². The molecule has 1 amide bonds. The fourth-order valence-corrected chi connectivity index (χ4v) is 3.66. The fraction of sp³-hybridized carbons (Fsp3) is 0.611. The van der Waals surface area contributed by atoms with Crippen molar-refractivity contribution in [2.24, 2.45) is 5.92 Å². The first-order valence-electron chi connectivity index (χ1n) is 8.32. The van der Waals surface area contributed by atoms with E-state index < -0.39 is 18.6 Å². The average molecular weight is 325 g/mol. The highest BCUT2D eigenvalue weighted by atomic mass is 19.4. The minimum atomic E-state index is -4.35. The van der Waals surface area contributed by atoms with Crippen LogP contribution in [0.3, 0.4) is 0 Å². The maximum Gasteiger partial charge on any atom is 0.406 e. The monoisotopic (exact) mass is 325 g/mol. The molecular formula is C18H22F3NO. The van der Waals surface area contributed by atoms with E-state index in [1.165, 1.54) is 0 Å². The number of alkyl halides is 3. The number of rotatable bonds is 4. The molecule has 0 saturated heterocycles. The third-order valence-corrected chi connectivity index (χ3v) is 5.10. The van der Waals surface area contributed by atoms with Crippen molar-refractivity contribution in [2.45, 2.75) is 57.2 Å². The smallest absolute Gasteiger partial charge is 0.330 e. The largest absolute Gasteiger partial charge is 0.406 e. The lowest BCUT2D eigenvalue weighted by atomic mass is 9.82. The molecule has 1 fully saturated rings. The molecule has 0 heterocycles. The van der Waals surface area contributed by atoms with Gasteiger partial charge in [0.05, 0.1) is 5.92 Å². The third kappa shape index (κ3) is 3.70. The quantitative estimate of drug-likeness (QED) is 0.808. The van der Waals surface area contributed by atoms with Crippen LogP contribution in [-0.4, -0.2) is 29.6 Å². The van der Waals surface area contributed by atoms with E-state index in [0.717, 1.165) is 41.7 Å². The Balaban J connectivity index is 1.86. The SMILES string of the molecule is CC(C1CC1)N(CC(F)(F)F)C(=O)C1CCCc2ccccc21. The number of halogens is 3. The summed E-state index contributed by atoms with van der Waals surface area (Å²) in [5.41, 5.74) is 2.02. The number of hydrogen-bond acceptors (Lipinski definition) is 1. The Morgan fingerprint density at radius 1 is 1.26 bits per heavy atom. The molecule has 2 unspecified atom stereocenters. The zero-order chi connectivity index (χ0) is 16.6. The van der Waals surface area contributed by atoms with Gasteiger partial charge in [-0.15, -0.1) is 0 Å². The van der Waals surface area contributed by atoms with E-state index in [0.29, 0.717) is 6.42 Å². The van der Waals surface area contributed by atoms with Crippen molar-refractivity contribution in [3.63, 3.8) is 0 Å². The highest BCUT2D eigenvalue weighted by molar-refractivity contribution is 5.85. The first kappa shape index (κ1) is 16.3. The Kier molecular flexibility index (Phi) is 4.39. The normalized spacial score (nSPS) is 22.3. The predicted molar refractivity (Wildman–Crippen MR) is 82.1 cm³/mol. The van der Waals surface area contributed by atoms with Crippen molar-refractivity contribution in [1.82, 2.24) is 4.90 Å². The van der Waals surface area contributed by atoms with Crippen LogP contribution in [0.5, 0.6) is 0 Å². The number of amides is 1. The van der Waals surface area contributed by atoms with Gasteiger partial charge in [0.25, 0.3) is 0 Å². The molecule has 2 nitrogen and oxygen atoms in total. The molecule has 0 N–H and O–H groups in total. The van der Waals surface area contributed by atoms with Gasteiger partial charge in [-0.1, -0.05) is 24.3 Å². The molecule has 1 saturated carbocycles. The van der Waals surface area contributed by atoms with Gasteiger partial charge in [-0.25, -0.2) is 0 Å². The van der Waals surface area contributed by atoms with Gasteiger partial charge in [-0.05, 0) is 56.1 Å². The standard InChI is InChI=1S/C18H22F3NO/c1-12(13-9-10-13)22(11-18(19,20)21)17(23)16-8-4-6-14-5-2-3-7-15(14)16/h2-3,5,7,12-13,16H,4,6,8-11H2,1H3. The Bertz CT molecular complexity index is 580. The van der Waals surface area contributed by atoms with Gasteiger partial charge in [0, 0.05) is 6.04 Å². The molecule has 126 valence electrons. The van der Waals surface area contributed by atoms with Crippen molar-refractivity contribution < 1.29 is 18.0 Å². The lowest BCUT2D eigenvalue weighted by molar-refractivity contribution is -0.167. The summed E-state index contributed by atoms with van der Waals surface area (Å²) in [7, 11) is 0. The number of nitrogens with zero attached hydrogens (tertiary/aromatic N) is 1. The van der Waals surface area contributed by atoms with Crippen LogP contribution < -0.4 is 0 Å². The molecular weight excluding hydrogens is 303 g/mol. The summed E-state index contributed by atoms with van der Waals surface area (Å²) in [6.07, 6.45) is -0.120. The Morgan fingerprint density at radius 3 is 2.61 bits per heavy atom. The number of carbonyl (C=O) groups is 1. The molecule has 3 rings (SSSR count). The van der Waals surface area contributed by atoms with Crippen LogP contribution in [0.1, 0.15) is 49.7 Å². The number of aryl methyl sites for hydroxylation is 1. The second-order valence-corrected chi connectivity index (χ2v) is 6.80. The second kappa shape index (κ2) is 6.17. The molecule has 0 aromatic heterocycles. The van der Waals surface area contributed by atoms with Crippen molar-refractivity contribution in [3.8, 4) is 0 Å². The van der Waals surface area contributed by atoms with Crippen LogP contribution >= 0.6 is 0 Å². The van der Waals surface area contributed by atoms with E-state index in [-0.39, 0.29) is 17.9 Å². The minimum absolute atomic E-state index is 0.222. The molecule has 0 spiro atoms. The highest BCUT2D eigenvalue weighted by Gasteiger charge is 2.42. The van der Waals surface area contributed by atoms with Crippen LogP contribution in [0, 0.1) is 5.92 Å². The number of carbonyl (C=O) groups excluding carboxylic acids is 1. The molecule has 2 aliphatic rings. The molecule has 0 bridgehead atoms. The number of benzene rings is 1. The van der Waals surface area contributed by atoms with Gasteiger partial charge in [0.2, 0.25) is 5.91 Å². The highest BCUT2D eigenvalue weighted by Crippen LogP contribution is 2.39. The van der Waals surface area contributed by atoms with Crippen LogP contribution in [0.4, 0.5) is 13.2 Å². The topological polar surface area (TPSA) is 20.3 Å². The Labute approximate surface area is 134 Å². The van der Waals surface area contributed by atoms with E-state index in [1.54, 1.807) is 6.92 Å². The van der Waals surface area contributed by atoms with E-state index in [1.807, 2.05) is 24.3 Å². The Morgan fingerprint density at radius 2 is 1.96 bits per heavy atom. The summed E-state index contributed by atoms with van der Waals surface area (Å²) >= 11 is 0. The summed E-state index contributed by atoms with van der Waals surface area (Å²) in [6.45, 7) is 0.623. The lowest BCUT2D eigenvalue weighted by Gasteiger charge is -2.35. The number of fused-ring (bicyclic) bond motifs is 1. The van der Waals surface area contributed by atoms with E-state index in [9.17, 15) is 18.0 Å². The van der Waals surface area contributed by atoms with Crippen molar-refractivity contribution in [1.29, 1.82) is 0 Å². The number of hydrogen-bond donors (Lipinski definition) is 0. The summed E-state index contributed by atoms with van der Waals surface area (Å²) in [6, 6.07) is 7.32. The summed E-state index contributed by atoms with van der Waals surface area (Å²) in [5.74, 6) is -0.558. The van der Waals surface area contributed by atoms with Gasteiger partial charge in [0.1, 0.15) is 6.54 Å². The van der Waals surface area contributed by atoms with Gasteiger partial charge in [-0.3, -0.25) is 4.79 Å². The van der Waals surface area contributed by atoms with Crippen LogP contribution in [-0.2, 0) is 11.2 Å². The molecule has 1 aromatic carbocycles. The van der Waals surface area contributed by atoms with Gasteiger partial charge < -0.3 is 4.90 Å². The molecule has 1 aromatic rings. The van der Waals surface area contributed by atoms with Crippen LogP contribution in [0.15, 0.2) is 24.3 Å². The van der Waals surface area contributed by atoms with Gasteiger partial charge >= 0.3 is 6.18 Å². The zero-order valence-corrected chi connectivity index (χ0v) is 13.3. The second-order valence-electron chi connectivity index (χ2n) is 6.80. The summed E-state index contributed by atoms with van der Waals surface area (Å²) in [4.78, 5) is 14.0. The third-order valence-electron chi connectivity index (χ3n) is 5.10. The zero-order valence-electron chi connectivity index (χ0n) is 13.3. The lowest BCUT2D eigenvalue weighted by Crippen LogP contribution is -2.47. The minimum Gasteiger partial charge on any atom is -0.330 e. The van der Waals surface area contributed by atoms with E-state index >= 15 is 0 Å². The Hall–Kier alpha value is -1.52. The molecule has 5 heteroatoms. The first-order chi connectivity index (χ1) is 10.9.